The van der Waals surface area contributed by atoms with E-state index in [0.717, 1.165) is 5.56 Å². The summed E-state index contributed by atoms with van der Waals surface area (Å²) in [5.74, 6) is 1.19. The maximum absolute atomic E-state index is 8.97. The molecule has 0 aromatic heterocycles. The molecule has 102 valence electrons. The number of aliphatic hydroxyl groups is 1. The predicted octanol–water partition coefficient (Wildman–Crippen LogP) is 2.08. The second kappa shape index (κ2) is 7.46. The number of hydrogen-bond donors (Lipinski definition) is 2. The third-order valence-corrected chi connectivity index (χ3v) is 2.77. The second-order valence-corrected chi connectivity index (χ2v) is 4.65. The maximum Gasteiger partial charge on any atom is 0.179 e. The van der Waals surface area contributed by atoms with Crippen LogP contribution in [0.3, 0.4) is 0 Å². The van der Waals surface area contributed by atoms with Gasteiger partial charge in [-0.25, -0.2) is 0 Å². The highest BCUT2D eigenvalue weighted by Gasteiger charge is 2.13. The van der Waals surface area contributed by atoms with Crippen LogP contribution in [0, 0.1) is 5.92 Å². The molecule has 18 heavy (non-hydrogen) atoms. The smallest absolute Gasteiger partial charge is 0.179 e. The Morgan fingerprint density at radius 2 is 2.17 bits per heavy atom. The summed E-state index contributed by atoms with van der Waals surface area (Å²) in [6.07, 6.45) is 0. The van der Waals surface area contributed by atoms with E-state index in [-0.39, 0.29) is 12.5 Å². The van der Waals surface area contributed by atoms with Crippen molar-refractivity contribution >= 4 is 11.6 Å². The number of benzene rings is 1. The molecule has 0 fully saturated rings. The first kappa shape index (κ1) is 15.1. The SMILES string of the molecule is CNCc1cc(Cl)c(OCC(C)CO)c(OC)c1. The number of ether oxygens (including phenoxy) is 2. The molecule has 0 aliphatic heterocycles. The van der Waals surface area contributed by atoms with E-state index in [0.29, 0.717) is 29.7 Å². The molecule has 0 aliphatic rings. The Bertz CT molecular complexity index is 385. The number of aliphatic hydroxyl groups excluding tert-OH is 1. The van der Waals surface area contributed by atoms with Crippen LogP contribution in [0.5, 0.6) is 11.5 Å². The number of methoxy groups -OCH3 is 1. The van der Waals surface area contributed by atoms with Crippen LogP contribution in [0.1, 0.15) is 12.5 Å². The zero-order chi connectivity index (χ0) is 13.5. The second-order valence-electron chi connectivity index (χ2n) is 4.24. The molecule has 0 spiro atoms. The van der Waals surface area contributed by atoms with Crippen molar-refractivity contribution in [2.24, 2.45) is 5.92 Å². The molecule has 0 saturated heterocycles. The van der Waals surface area contributed by atoms with Crippen LogP contribution in [0.15, 0.2) is 12.1 Å². The van der Waals surface area contributed by atoms with Gasteiger partial charge in [0, 0.05) is 19.1 Å². The van der Waals surface area contributed by atoms with Crippen LogP contribution in [0.2, 0.25) is 5.02 Å². The lowest BCUT2D eigenvalue weighted by molar-refractivity contribution is 0.171. The van der Waals surface area contributed by atoms with Crippen molar-refractivity contribution in [3.63, 3.8) is 0 Å². The van der Waals surface area contributed by atoms with Gasteiger partial charge >= 0.3 is 0 Å². The summed E-state index contributed by atoms with van der Waals surface area (Å²) < 4.78 is 10.9. The average Bonchev–Trinajstić information content (AvgIpc) is 2.36. The lowest BCUT2D eigenvalue weighted by Crippen LogP contribution is -2.13. The highest BCUT2D eigenvalue weighted by atomic mass is 35.5. The van der Waals surface area contributed by atoms with Gasteiger partial charge in [0.05, 0.1) is 18.7 Å². The molecule has 0 heterocycles. The fourth-order valence-corrected chi connectivity index (χ4v) is 1.79. The predicted molar refractivity (Wildman–Crippen MR) is 72.5 cm³/mol. The minimum absolute atomic E-state index is 0.0581. The molecule has 5 heteroatoms. The summed E-state index contributed by atoms with van der Waals surface area (Å²) in [6.45, 7) is 3.09. The minimum Gasteiger partial charge on any atom is -0.493 e. The molecule has 0 amide bonds. The van der Waals surface area contributed by atoms with Crippen molar-refractivity contribution in [1.82, 2.24) is 5.32 Å². The third-order valence-electron chi connectivity index (χ3n) is 2.49. The summed E-state index contributed by atoms with van der Waals surface area (Å²) in [5, 5.41) is 12.5. The molecule has 0 radical (unpaired) electrons. The molecular weight excluding hydrogens is 254 g/mol. The molecule has 0 bridgehead atoms. The van der Waals surface area contributed by atoms with Gasteiger partial charge in [-0.1, -0.05) is 18.5 Å². The normalized spacial score (nSPS) is 12.3. The minimum atomic E-state index is 0.0581. The molecule has 0 saturated carbocycles. The number of rotatable bonds is 7. The highest BCUT2D eigenvalue weighted by Crippen LogP contribution is 2.36. The van der Waals surface area contributed by atoms with Gasteiger partial charge in [0.25, 0.3) is 0 Å². The summed E-state index contributed by atoms with van der Waals surface area (Å²) in [7, 11) is 3.45. The number of halogens is 1. The monoisotopic (exact) mass is 273 g/mol. The molecule has 1 rings (SSSR count). The van der Waals surface area contributed by atoms with Crippen molar-refractivity contribution in [2.45, 2.75) is 13.5 Å². The summed E-state index contributed by atoms with van der Waals surface area (Å²) in [5.41, 5.74) is 1.03. The van der Waals surface area contributed by atoms with E-state index in [4.69, 9.17) is 26.2 Å². The Kier molecular flexibility index (Phi) is 6.25. The Morgan fingerprint density at radius 1 is 1.44 bits per heavy atom. The molecule has 1 aromatic rings. The van der Waals surface area contributed by atoms with E-state index in [2.05, 4.69) is 5.32 Å². The van der Waals surface area contributed by atoms with Gasteiger partial charge in [-0.2, -0.15) is 0 Å². The largest absolute Gasteiger partial charge is 0.493 e. The lowest BCUT2D eigenvalue weighted by atomic mass is 10.2. The zero-order valence-electron chi connectivity index (χ0n) is 11.0. The lowest BCUT2D eigenvalue weighted by Gasteiger charge is -2.16. The van der Waals surface area contributed by atoms with E-state index < -0.39 is 0 Å². The Labute approximate surface area is 113 Å². The molecule has 1 aromatic carbocycles. The summed E-state index contributed by atoms with van der Waals surface area (Å²) in [6, 6.07) is 3.74. The van der Waals surface area contributed by atoms with Gasteiger partial charge in [0.15, 0.2) is 11.5 Å². The van der Waals surface area contributed by atoms with Crippen LogP contribution in [-0.2, 0) is 6.54 Å². The van der Waals surface area contributed by atoms with Gasteiger partial charge in [0.2, 0.25) is 0 Å². The molecule has 1 unspecified atom stereocenters. The van der Waals surface area contributed by atoms with Gasteiger partial charge in [-0.05, 0) is 24.7 Å². The van der Waals surface area contributed by atoms with E-state index in [9.17, 15) is 0 Å². The van der Waals surface area contributed by atoms with Gasteiger partial charge in [-0.3, -0.25) is 0 Å². The standard InChI is InChI=1S/C13H20ClNO3/c1-9(7-16)8-18-13-11(14)4-10(6-15-2)5-12(13)17-3/h4-5,9,15-16H,6-8H2,1-3H3. The van der Waals surface area contributed by atoms with E-state index >= 15 is 0 Å². The molecular formula is C13H20ClNO3. The van der Waals surface area contributed by atoms with Crippen molar-refractivity contribution in [2.75, 3.05) is 27.4 Å². The van der Waals surface area contributed by atoms with E-state index in [1.54, 1.807) is 7.11 Å². The Balaban J connectivity index is 2.89. The van der Waals surface area contributed by atoms with Crippen molar-refractivity contribution in [3.8, 4) is 11.5 Å². The molecule has 0 aliphatic carbocycles. The Hall–Kier alpha value is -0.970. The number of hydrogen-bond acceptors (Lipinski definition) is 4. The number of nitrogens with one attached hydrogen (secondary N) is 1. The van der Waals surface area contributed by atoms with Crippen LogP contribution < -0.4 is 14.8 Å². The topological polar surface area (TPSA) is 50.7 Å². The van der Waals surface area contributed by atoms with Crippen LogP contribution in [0.25, 0.3) is 0 Å². The van der Waals surface area contributed by atoms with Crippen LogP contribution in [0.4, 0.5) is 0 Å². The van der Waals surface area contributed by atoms with Crippen molar-refractivity contribution < 1.29 is 14.6 Å². The van der Waals surface area contributed by atoms with E-state index in [1.807, 2.05) is 26.1 Å². The molecule has 1 atom stereocenters. The fraction of sp³-hybridized carbons (Fsp3) is 0.538. The highest BCUT2D eigenvalue weighted by molar-refractivity contribution is 6.32. The van der Waals surface area contributed by atoms with Crippen molar-refractivity contribution in [1.29, 1.82) is 0 Å². The van der Waals surface area contributed by atoms with Crippen LogP contribution >= 0.6 is 11.6 Å². The first-order valence-electron chi connectivity index (χ1n) is 5.87. The molecule has 4 nitrogen and oxygen atoms in total. The quantitative estimate of drug-likeness (QED) is 0.799. The summed E-state index contributed by atoms with van der Waals surface area (Å²) in [4.78, 5) is 0. The summed E-state index contributed by atoms with van der Waals surface area (Å²) >= 11 is 6.18. The van der Waals surface area contributed by atoms with Crippen molar-refractivity contribution in [3.05, 3.63) is 22.7 Å². The van der Waals surface area contributed by atoms with Gasteiger partial charge < -0.3 is 19.9 Å². The fourth-order valence-electron chi connectivity index (χ4n) is 1.50. The Morgan fingerprint density at radius 3 is 2.72 bits per heavy atom. The van der Waals surface area contributed by atoms with E-state index in [1.165, 1.54) is 0 Å². The van der Waals surface area contributed by atoms with Crippen LogP contribution in [-0.4, -0.2) is 32.5 Å². The zero-order valence-corrected chi connectivity index (χ0v) is 11.8. The maximum atomic E-state index is 8.97. The first-order chi connectivity index (χ1) is 8.62. The van der Waals surface area contributed by atoms with Gasteiger partial charge in [-0.15, -0.1) is 0 Å². The average molecular weight is 274 g/mol. The van der Waals surface area contributed by atoms with Gasteiger partial charge in [0.1, 0.15) is 0 Å². The third kappa shape index (κ3) is 4.05. The first-order valence-corrected chi connectivity index (χ1v) is 6.24. The molecule has 2 N–H and O–H groups in total.